The Morgan fingerprint density at radius 1 is 1.18 bits per heavy atom. The third-order valence-corrected chi connectivity index (χ3v) is 7.33. The standard InChI is InChI=1S/C19H23NO6S2/c1-24-15-9-13(10-16(25-2)18(15)26-3)11-20(14-6-8-28(22,23)12-14)19(21)17-5-4-7-27-17/h4-5,7,9-10,14H,6,8,11-12H2,1-3H3/t14-/m0/s1. The highest BCUT2D eigenvalue weighted by atomic mass is 32.2. The number of rotatable bonds is 7. The highest BCUT2D eigenvalue weighted by Crippen LogP contribution is 2.39. The first-order chi connectivity index (χ1) is 13.4. The van der Waals surface area contributed by atoms with Crippen molar-refractivity contribution in [3.63, 3.8) is 0 Å². The van der Waals surface area contributed by atoms with Gasteiger partial charge < -0.3 is 19.1 Å². The molecule has 28 heavy (non-hydrogen) atoms. The van der Waals surface area contributed by atoms with Gasteiger partial charge in [-0.3, -0.25) is 4.79 Å². The summed E-state index contributed by atoms with van der Waals surface area (Å²) in [7, 11) is 1.45. The molecular weight excluding hydrogens is 402 g/mol. The third kappa shape index (κ3) is 4.25. The average molecular weight is 426 g/mol. The van der Waals surface area contributed by atoms with E-state index < -0.39 is 9.84 Å². The summed E-state index contributed by atoms with van der Waals surface area (Å²) in [5.41, 5.74) is 0.767. The Balaban J connectivity index is 1.96. The molecule has 2 aromatic rings. The van der Waals surface area contributed by atoms with Crippen molar-refractivity contribution in [1.82, 2.24) is 4.90 Å². The number of nitrogens with zero attached hydrogens (tertiary/aromatic N) is 1. The molecule has 1 aliphatic rings. The molecular formula is C19H23NO6S2. The molecule has 1 amide bonds. The van der Waals surface area contributed by atoms with Crippen molar-refractivity contribution in [2.75, 3.05) is 32.8 Å². The summed E-state index contributed by atoms with van der Waals surface area (Å²) in [6.07, 6.45) is 0.434. The molecule has 1 aromatic carbocycles. The lowest BCUT2D eigenvalue weighted by atomic mass is 10.1. The van der Waals surface area contributed by atoms with Gasteiger partial charge >= 0.3 is 0 Å². The largest absolute Gasteiger partial charge is 0.493 e. The molecule has 1 atom stereocenters. The SMILES string of the molecule is COc1cc(CN(C(=O)c2cccs2)[C@H]2CCS(=O)(=O)C2)cc(OC)c1OC. The van der Waals surface area contributed by atoms with Crippen molar-refractivity contribution in [3.8, 4) is 17.2 Å². The third-order valence-electron chi connectivity index (χ3n) is 4.72. The van der Waals surface area contributed by atoms with E-state index in [1.165, 1.54) is 32.7 Å². The molecule has 0 spiro atoms. The fraction of sp³-hybridized carbons (Fsp3) is 0.421. The zero-order chi connectivity index (χ0) is 20.3. The lowest BCUT2D eigenvalue weighted by Crippen LogP contribution is -2.40. The van der Waals surface area contributed by atoms with Gasteiger partial charge in [-0.15, -0.1) is 11.3 Å². The van der Waals surface area contributed by atoms with Crippen LogP contribution in [0.1, 0.15) is 21.7 Å². The minimum Gasteiger partial charge on any atom is -0.493 e. The van der Waals surface area contributed by atoms with E-state index in [2.05, 4.69) is 0 Å². The molecule has 2 heterocycles. The molecule has 7 nitrogen and oxygen atoms in total. The average Bonchev–Trinajstić information content (AvgIpc) is 3.34. The molecule has 1 saturated heterocycles. The second kappa shape index (κ2) is 8.40. The van der Waals surface area contributed by atoms with Gasteiger partial charge in [-0.2, -0.15) is 0 Å². The van der Waals surface area contributed by atoms with Crippen molar-refractivity contribution in [2.24, 2.45) is 0 Å². The van der Waals surface area contributed by atoms with E-state index in [4.69, 9.17) is 14.2 Å². The number of thiophene rings is 1. The molecule has 0 unspecified atom stereocenters. The smallest absolute Gasteiger partial charge is 0.264 e. The van der Waals surface area contributed by atoms with Crippen molar-refractivity contribution >= 4 is 27.1 Å². The van der Waals surface area contributed by atoms with E-state index in [0.29, 0.717) is 28.5 Å². The highest BCUT2D eigenvalue weighted by molar-refractivity contribution is 7.91. The lowest BCUT2D eigenvalue weighted by molar-refractivity contribution is 0.0685. The molecule has 1 fully saturated rings. The Morgan fingerprint density at radius 3 is 2.32 bits per heavy atom. The summed E-state index contributed by atoms with van der Waals surface area (Å²) in [4.78, 5) is 15.3. The van der Waals surface area contributed by atoms with Crippen LogP contribution in [-0.2, 0) is 16.4 Å². The number of ether oxygens (including phenoxy) is 3. The second-order valence-electron chi connectivity index (χ2n) is 6.50. The second-order valence-corrected chi connectivity index (χ2v) is 9.68. The van der Waals surface area contributed by atoms with Gasteiger partial charge in [0, 0.05) is 12.6 Å². The quantitative estimate of drug-likeness (QED) is 0.678. The molecule has 0 radical (unpaired) electrons. The molecule has 0 saturated carbocycles. The molecule has 0 bridgehead atoms. The van der Waals surface area contributed by atoms with E-state index in [-0.39, 0.29) is 30.0 Å². The van der Waals surface area contributed by atoms with Gasteiger partial charge in [0.25, 0.3) is 5.91 Å². The first kappa shape index (κ1) is 20.5. The predicted molar refractivity (Wildman–Crippen MR) is 107 cm³/mol. The summed E-state index contributed by atoms with van der Waals surface area (Å²) >= 11 is 1.34. The van der Waals surface area contributed by atoms with Gasteiger partial charge in [0.05, 0.1) is 37.7 Å². The van der Waals surface area contributed by atoms with Gasteiger partial charge in [0.1, 0.15) is 0 Å². The number of sulfone groups is 1. The summed E-state index contributed by atoms with van der Waals surface area (Å²) in [5.74, 6) is 1.34. The van der Waals surface area contributed by atoms with Gasteiger partial charge in [-0.25, -0.2) is 8.42 Å². The number of benzene rings is 1. The van der Waals surface area contributed by atoms with Gasteiger partial charge in [-0.1, -0.05) is 6.07 Å². The number of carbonyl (C=O) groups is 1. The molecule has 0 N–H and O–H groups in total. The zero-order valence-corrected chi connectivity index (χ0v) is 17.6. The number of hydrogen-bond donors (Lipinski definition) is 0. The Bertz CT molecular complexity index is 914. The van der Waals surface area contributed by atoms with Crippen LogP contribution in [0, 0.1) is 0 Å². The number of amides is 1. The first-order valence-corrected chi connectivity index (χ1v) is 11.4. The lowest BCUT2D eigenvalue weighted by Gasteiger charge is -2.28. The topological polar surface area (TPSA) is 82.1 Å². The Labute approximate surface area is 168 Å². The Hall–Kier alpha value is -2.26. The van der Waals surface area contributed by atoms with Crippen LogP contribution in [-0.4, -0.2) is 58.1 Å². The zero-order valence-electron chi connectivity index (χ0n) is 16.0. The maximum Gasteiger partial charge on any atom is 0.264 e. The summed E-state index contributed by atoms with van der Waals surface area (Å²) in [5, 5.41) is 1.83. The van der Waals surface area contributed by atoms with Crippen molar-refractivity contribution in [1.29, 1.82) is 0 Å². The minimum atomic E-state index is -3.13. The van der Waals surface area contributed by atoms with Crippen LogP contribution in [0.5, 0.6) is 17.2 Å². The van der Waals surface area contributed by atoms with E-state index in [1.807, 2.05) is 5.38 Å². The predicted octanol–water partition coefficient (Wildman–Crippen LogP) is 2.60. The van der Waals surface area contributed by atoms with Crippen LogP contribution in [0.4, 0.5) is 0 Å². The van der Waals surface area contributed by atoms with Crippen LogP contribution >= 0.6 is 11.3 Å². The minimum absolute atomic E-state index is 0.0193. The van der Waals surface area contributed by atoms with Crippen LogP contribution in [0.3, 0.4) is 0 Å². The summed E-state index contributed by atoms with van der Waals surface area (Å²) in [6.45, 7) is 0.244. The number of carbonyl (C=O) groups excluding carboxylic acids is 1. The first-order valence-electron chi connectivity index (χ1n) is 8.72. The van der Waals surface area contributed by atoms with Crippen LogP contribution in [0.25, 0.3) is 0 Å². The van der Waals surface area contributed by atoms with Gasteiger partial charge in [0.15, 0.2) is 21.3 Å². The van der Waals surface area contributed by atoms with E-state index in [9.17, 15) is 13.2 Å². The molecule has 9 heteroatoms. The highest BCUT2D eigenvalue weighted by Gasteiger charge is 2.35. The van der Waals surface area contributed by atoms with Crippen LogP contribution in [0.2, 0.25) is 0 Å². The van der Waals surface area contributed by atoms with Crippen LogP contribution in [0.15, 0.2) is 29.6 Å². The van der Waals surface area contributed by atoms with E-state index >= 15 is 0 Å². The fourth-order valence-electron chi connectivity index (χ4n) is 3.35. The van der Waals surface area contributed by atoms with Gasteiger partial charge in [-0.05, 0) is 35.6 Å². The van der Waals surface area contributed by atoms with Gasteiger partial charge in [0.2, 0.25) is 5.75 Å². The van der Waals surface area contributed by atoms with E-state index in [1.54, 1.807) is 29.2 Å². The monoisotopic (exact) mass is 425 g/mol. The van der Waals surface area contributed by atoms with Crippen molar-refractivity contribution in [3.05, 3.63) is 40.1 Å². The molecule has 152 valence electrons. The van der Waals surface area contributed by atoms with Crippen molar-refractivity contribution < 1.29 is 27.4 Å². The van der Waals surface area contributed by atoms with Crippen LogP contribution < -0.4 is 14.2 Å². The molecule has 1 aliphatic heterocycles. The number of hydrogen-bond acceptors (Lipinski definition) is 7. The van der Waals surface area contributed by atoms with Crippen molar-refractivity contribution in [2.45, 2.75) is 19.0 Å². The fourth-order valence-corrected chi connectivity index (χ4v) is 5.76. The maximum absolute atomic E-state index is 13.1. The number of methoxy groups -OCH3 is 3. The molecule has 0 aliphatic carbocycles. The Morgan fingerprint density at radius 2 is 1.86 bits per heavy atom. The molecule has 1 aromatic heterocycles. The summed E-state index contributed by atoms with van der Waals surface area (Å²) in [6, 6.07) is 6.75. The normalized spacial score (nSPS) is 17.9. The summed E-state index contributed by atoms with van der Waals surface area (Å²) < 4.78 is 40.1. The maximum atomic E-state index is 13.1. The Kier molecular flexibility index (Phi) is 6.14. The van der Waals surface area contributed by atoms with E-state index in [0.717, 1.165) is 5.56 Å². The molecule has 3 rings (SSSR count).